The zero-order valence-electron chi connectivity index (χ0n) is 9.74. The molecule has 102 valence electrons. The number of aromatic amines is 1. The predicted octanol–water partition coefficient (Wildman–Crippen LogP) is 0.928. The van der Waals surface area contributed by atoms with Crippen molar-refractivity contribution in [2.75, 3.05) is 4.72 Å². The number of aryl methyl sites for hydroxylation is 1. The summed E-state index contributed by atoms with van der Waals surface area (Å²) in [5, 5.41) is 17.1. The van der Waals surface area contributed by atoms with Gasteiger partial charge in [0.15, 0.2) is 0 Å². The summed E-state index contributed by atoms with van der Waals surface area (Å²) in [5.74, 6) is -1.23. The van der Waals surface area contributed by atoms with Crippen LogP contribution in [0.15, 0.2) is 17.2 Å². The zero-order valence-corrected chi connectivity index (χ0v) is 11.4. The molecular formula is C9H10N4O4S2. The number of carboxylic acids is 1. The van der Waals surface area contributed by atoms with E-state index in [9.17, 15) is 13.2 Å². The summed E-state index contributed by atoms with van der Waals surface area (Å²) in [6.07, 6.45) is 1.76. The van der Waals surface area contributed by atoms with Crippen molar-refractivity contribution in [3.8, 4) is 0 Å². The third kappa shape index (κ3) is 2.90. The smallest absolute Gasteiger partial charge is 0.352 e. The molecule has 2 rings (SSSR count). The molecule has 0 aromatic carbocycles. The van der Waals surface area contributed by atoms with E-state index in [1.165, 1.54) is 0 Å². The summed E-state index contributed by atoms with van der Waals surface area (Å²) in [6, 6.07) is 1.03. The van der Waals surface area contributed by atoms with E-state index in [4.69, 9.17) is 5.11 Å². The molecular weight excluding hydrogens is 292 g/mol. The average Bonchev–Trinajstić information content (AvgIpc) is 2.95. The van der Waals surface area contributed by atoms with Crippen LogP contribution in [-0.2, 0) is 16.4 Å². The fourth-order valence-corrected chi connectivity index (χ4v) is 3.17. The van der Waals surface area contributed by atoms with Gasteiger partial charge in [-0.25, -0.2) is 13.2 Å². The molecule has 0 bridgehead atoms. The minimum Gasteiger partial charge on any atom is -0.477 e. The van der Waals surface area contributed by atoms with Crippen molar-refractivity contribution < 1.29 is 18.3 Å². The van der Waals surface area contributed by atoms with Crippen LogP contribution in [0.5, 0.6) is 0 Å². The monoisotopic (exact) mass is 302 g/mol. The fraction of sp³-hybridized carbons (Fsp3) is 0.222. The largest absolute Gasteiger partial charge is 0.477 e. The number of sulfonamides is 1. The molecule has 0 saturated carbocycles. The number of aromatic nitrogens is 3. The highest BCUT2D eigenvalue weighted by Gasteiger charge is 2.20. The molecule has 0 spiro atoms. The molecule has 0 aliphatic rings. The predicted molar refractivity (Wildman–Crippen MR) is 67.8 cm³/mol. The quantitative estimate of drug-likeness (QED) is 0.754. The van der Waals surface area contributed by atoms with Gasteiger partial charge < -0.3 is 10.1 Å². The summed E-state index contributed by atoms with van der Waals surface area (Å²) < 4.78 is 26.1. The molecule has 2 aromatic heterocycles. The minimum atomic E-state index is -3.86. The van der Waals surface area contributed by atoms with E-state index in [-0.39, 0.29) is 15.7 Å². The first-order valence-electron chi connectivity index (χ1n) is 5.19. The first kappa shape index (κ1) is 13.5. The summed E-state index contributed by atoms with van der Waals surface area (Å²) in [6.45, 7) is 1.88. The highest BCUT2D eigenvalue weighted by Crippen LogP contribution is 2.20. The Morgan fingerprint density at radius 1 is 1.53 bits per heavy atom. The van der Waals surface area contributed by atoms with Crippen LogP contribution in [0, 0.1) is 0 Å². The second-order valence-electron chi connectivity index (χ2n) is 3.51. The second-order valence-corrected chi connectivity index (χ2v) is 6.26. The maximum atomic E-state index is 11.9. The van der Waals surface area contributed by atoms with Crippen LogP contribution in [-0.4, -0.2) is 34.7 Å². The maximum Gasteiger partial charge on any atom is 0.352 e. The molecule has 0 fully saturated rings. The first-order chi connectivity index (χ1) is 8.92. The van der Waals surface area contributed by atoms with E-state index in [1.54, 1.807) is 0 Å². The van der Waals surface area contributed by atoms with E-state index in [0.29, 0.717) is 11.4 Å². The van der Waals surface area contributed by atoms with Crippen LogP contribution < -0.4 is 4.72 Å². The van der Waals surface area contributed by atoms with Gasteiger partial charge >= 0.3 is 5.97 Å². The number of carboxylic acid groups (broad SMARTS) is 1. The van der Waals surface area contributed by atoms with E-state index >= 15 is 0 Å². The van der Waals surface area contributed by atoms with E-state index < -0.39 is 16.0 Å². The Hall–Kier alpha value is -1.94. The molecule has 10 heteroatoms. The molecule has 0 atom stereocenters. The van der Waals surface area contributed by atoms with Gasteiger partial charge in [0.05, 0.1) is 0 Å². The highest BCUT2D eigenvalue weighted by atomic mass is 32.2. The molecule has 2 aromatic rings. The Kier molecular flexibility index (Phi) is 3.53. The molecule has 8 nitrogen and oxygen atoms in total. The van der Waals surface area contributed by atoms with E-state index in [1.807, 2.05) is 6.92 Å². The number of anilines is 1. The number of aromatic carboxylic acids is 1. The Morgan fingerprint density at radius 2 is 2.26 bits per heavy atom. The van der Waals surface area contributed by atoms with Crippen molar-refractivity contribution in [1.29, 1.82) is 0 Å². The lowest BCUT2D eigenvalue weighted by Crippen LogP contribution is -2.12. The summed E-state index contributed by atoms with van der Waals surface area (Å²) in [5.41, 5.74) is -0.202. The zero-order chi connectivity index (χ0) is 14.0. The fourth-order valence-electron chi connectivity index (χ4n) is 1.26. The standard InChI is InChI=1S/C9H10N4O4S2/c1-2-7-11-12-9(18-7)13-19(16,17)5-3-6(8(14)15)10-4-5/h3-4,10H,2H2,1H3,(H,12,13)(H,14,15). The topological polar surface area (TPSA) is 125 Å². The third-order valence-corrected chi connectivity index (χ3v) is 4.62. The van der Waals surface area contributed by atoms with Gasteiger partial charge in [0.1, 0.15) is 15.6 Å². The number of rotatable bonds is 5. The summed E-state index contributed by atoms with van der Waals surface area (Å²) in [4.78, 5) is 12.9. The third-order valence-electron chi connectivity index (χ3n) is 2.19. The van der Waals surface area contributed by atoms with Gasteiger partial charge in [-0.3, -0.25) is 4.72 Å². The highest BCUT2D eigenvalue weighted by molar-refractivity contribution is 7.93. The number of carbonyl (C=O) groups is 1. The van der Waals surface area contributed by atoms with Crippen molar-refractivity contribution in [3.63, 3.8) is 0 Å². The average molecular weight is 302 g/mol. The van der Waals surface area contributed by atoms with Crippen molar-refractivity contribution in [3.05, 3.63) is 23.0 Å². The Balaban J connectivity index is 2.24. The van der Waals surface area contributed by atoms with Crippen LogP contribution in [0.4, 0.5) is 5.13 Å². The van der Waals surface area contributed by atoms with Crippen molar-refractivity contribution in [2.45, 2.75) is 18.2 Å². The molecule has 0 saturated heterocycles. The van der Waals surface area contributed by atoms with Crippen LogP contribution in [0.25, 0.3) is 0 Å². The van der Waals surface area contributed by atoms with E-state index in [0.717, 1.165) is 23.6 Å². The van der Waals surface area contributed by atoms with E-state index in [2.05, 4.69) is 19.9 Å². The second kappa shape index (κ2) is 4.97. The number of nitrogens with zero attached hydrogens (tertiary/aromatic N) is 2. The van der Waals surface area contributed by atoms with Crippen LogP contribution >= 0.6 is 11.3 Å². The van der Waals surface area contributed by atoms with Gasteiger partial charge in [-0.05, 0) is 12.5 Å². The lowest BCUT2D eigenvalue weighted by atomic mass is 10.4. The van der Waals surface area contributed by atoms with Crippen molar-refractivity contribution >= 4 is 32.5 Å². The number of H-pyrrole nitrogens is 1. The molecule has 2 heterocycles. The van der Waals surface area contributed by atoms with Crippen molar-refractivity contribution in [2.24, 2.45) is 0 Å². The van der Waals surface area contributed by atoms with Gasteiger partial charge in [0.2, 0.25) is 5.13 Å². The van der Waals surface area contributed by atoms with Gasteiger partial charge in [0, 0.05) is 6.20 Å². The lowest BCUT2D eigenvalue weighted by Gasteiger charge is -2.00. The van der Waals surface area contributed by atoms with Gasteiger partial charge in [0.25, 0.3) is 10.0 Å². The molecule has 3 N–H and O–H groups in total. The maximum absolute atomic E-state index is 11.9. The number of hydrogen-bond acceptors (Lipinski definition) is 6. The van der Waals surface area contributed by atoms with Crippen LogP contribution in [0.3, 0.4) is 0 Å². The normalized spacial score (nSPS) is 11.4. The molecule has 0 aliphatic heterocycles. The number of nitrogens with one attached hydrogen (secondary N) is 2. The van der Waals surface area contributed by atoms with Crippen molar-refractivity contribution in [1.82, 2.24) is 15.2 Å². The Bertz CT molecular complexity index is 703. The first-order valence-corrected chi connectivity index (χ1v) is 7.49. The molecule has 0 aliphatic carbocycles. The molecule has 0 unspecified atom stereocenters. The van der Waals surface area contributed by atoms with Crippen LogP contribution in [0.2, 0.25) is 0 Å². The molecule has 0 amide bonds. The summed E-state index contributed by atoms with van der Waals surface area (Å²) >= 11 is 1.13. The van der Waals surface area contributed by atoms with Gasteiger partial charge in [-0.15, -0.1) is 10.2 Å². The molecule has 0 radical (unpaired) electrons. The minimum absolute atomic E-state index is 0.148. The SMILES string of the molecule is CCc1nnc(NS(=O)(=O)c2c[nH]c(C(=O)O)c2)s1. The Labute approximate surface area is 112 Å². The lowest BCUT2D eigenvalue weighted by molar-refractivity contribution is 0.0691. The van der Waals surface area contributed by atoms with Gasteiger partial charge in [-0.2, -0.15) is 0 Å². The summed E-state index contributed by atoms with van der Waals surface area (Å²) in [7, 11) is -3.86. The van der Waals surface area contributed by atoms with Crippen LogP contribution in [0.1, 0.15) is 22.4 Å². The molecule has 19 heavy (non-hydrogen) atoms. The Morgan fingerprint density at radius 3 is 2.79 bits per heavy atom. The number of hydrogen-bond donors (Lipinski definition) is 3. The van der Waals surface area contributed by atoms with Gasteiger partial charge in [-0.1, -0.05) is 18.3 Å².